The number of aromatic nitrogens is 2. The van der Waals surface area contributed by atoms with E-state index < -0.39 is 11.4 Å². The fourth-order valence-electron chi connectivity index (χ4n) is 2.20. The molecule has 1 unspecified atom stereocenters. The van der Waals surface area contributed by atoms with Gasteiger partial charge in [0, 0.05) is 25.5 Å². The molecule has 1 fully saturated rings. The highest BCUT2D eigenvalue weighted by Gasteiger charge is 2.44. The molecule has 1 aliphatic heterocycles. The summed E-state index contributed by atoms with van der Waals surface area (Å²) in [5, 5.41) is 11.8. The van der Waals surface area contributed by atoms with Crippen molar-refractivity contribution in [3.05, 3.63) is 18.5 Å². The highest BCUT2D eigenvalue weighted by atomic mass is 16.4. The van der Waals surface area contributed by atoms with Crippen molar-refractivity contribution in [2.45, 2.75) is 19.8 Å². The Bertz CT molecular complexity index is 479. The fourth-order valence-corrected chi connectivity index (χ4v) is 2.20. The molecule has 19 heavy (non-hydrogen) atoms. The second kappa shape index (κ2) is 5.21. The van der Waals surface area contributed by atoms with Crippen LogP contribution >= 0.6 is 0 Å². The van der Waals surface area contributed by atoms with E-state index in [-0.39, 0.29) is 18.5 Å². The third-order valence-corrected chi connectivity index (χ3v) is 3.56. The lowest BCUT2D eigenvalue weighted by molar-refractivity contribution is -0.148. The average molecular weight is 264 g/mol. The number of aliphatic carboxylic acids is 1. The Morgan fingerprint density at radius 2 is 2.16 bits per heavy atom. The van der Waals surface area contributed by atoms with Crippen LogP contribution in [0.25, 0.3) is 0 Å². The Kier molecular flexibility index (Phi) is 3.64. The van der Waals surface area contributed by atoms with E-state index in [2.05, 4.69) is 15.3 Å². The number of nitrogens with zero attached hydrogens (tertiary/aromatic N) is 3. The van der Waals surface area contributed by atoms with Gasteiger partial charge in [-0.05, 0) is 18.9 Å². The smallest absolute Gasteiger partial charge is 0.324 e. The van der Waals surface area contributed by atoms with E-state index in [4.69, 9.17) is 0 Å². The molecule has 102 valence electrons. The van der Waals surface area contributed by atoms with Crippen LogP contribution in [0.3, 0.4) is 0 Å². The van der Waals surface area contributed by atoms with Crippen LogP contribution < -0.4 is 5.32 Å². The zero-order valence-electron chi connectivity index (χ0n) is 10.7. The van der Waals surface area contributed by atoms with Crippen molar-refractivity contribution in [2.24, 2.45) is 5.41 Å². The lowest BCUT2D eigenvalue weighted by Gasteiger charge is -2.22. The van der Waals surface area contributed by atoms with Crippen molar-refractivity contribution in [2.75, 3.05) is 18.4 Å². The highest BCUT2D eigenvalue weighted by Crippen LogP contribution is 2.34. The number of carbonyl (C=O) groups is 2. The largest absolute Gasteiger partial charge is 0.481 e. The van der Waals surface area contributed by atoms with Crippen LogP contribution in [0.15, 0.2) is 18.5 Å². The Hall–Kier alpha value is -2.18. The molecule has 7 nitrogen and oxygen atoms in total. The molecular formula is C12H16N4O3. The number of nitrogens with one attached hydrogen (secondary N) is 1. The summed E-state index contributed by atoms with van der Waals surface area (Å²) in [6.07, 6.45) is 4.04. The maximum atomic E-state index is 12.0. The van der Waals surface area contributed by atoms with Gasteiger partial charge in [0.1, 0.15) is 0 Å². The zero-order chi connectivity index (χ0) is 13.9. The Morgan fingerprint density at radius 1 is 1.47 bits per heavy atom. The summed E-state index contributed by atoms with van der Waals surface area (Å²) < 4.78 is 0. The quantitative estimate of drug-likeness (QED) is 0.855. The van der Waals surface area contributed by atoms with Gasteiger partial charge >= 0.3 is 12.0 Å². The number of carbonyl (C=O) groups excluding carboxylic acids is 1. The molecule has 0 saturated carbocycles. The first-order valence-electron chi connectivity index (χ1n) is 6.14. The van der Waals surface area contributed by atoms with Crippen LogP contribution in [0.4, 0.5) is 10.7 Å². The van der Waals surface area contributed by atoms with Crippen LogP contribution in [0.5, 0.6) is 0 Å². The maximum Gasteiger partial charge on any atom is 0.324 e. The topological polar surface area (TPSA) is 95.4 Å². The van der Waals surface area contributed by atoms with Gasteiger partial charge in [-0.1, -0.05) is 6.92 Å². The molecule has 2 heterocycles. The van der Waals surface area contributed by atoms with Crippen molar-refractivity contribution in [3.63, 3.8) is 0 Å². The summed E-state index contributed by atoms with van der Waals surface area (Å²) in [7, 11) is 0. The van der Waals surface area contributed by atoms with E-state index in [1.807, 2.05) is 6.92 Å². The predicted octanol–water partition coefficient (Wildman–Crippen LogP) is 1.20. The minimum Gasteiger partial charge on any atom is -0.481 e. The normalized spacial score (nSPS) is 22.3. The number of anilines is 1. The molecule has 0 aliphatic carbocycles. The van der Waals surface area contributed by atoms with E-state index in [1.54, 1.807) is 6.07 Å². The molecule has 0 bridgehead atoms. The van der Waals surface area contributed by atoms with Gasteiger partial charge in [0.15, 0.2) is 0 Å². The van der Waals surface area contributed by atoms with Crippen molar-refractivity contribution < 1.29 is 14.7 Å². The number of rotatable bonds is 3. The summed E-state index contributed by atoms with van der Waals surface area (Å²) in [4.78, 5) is 32.6. The summed E-state index contributed by atoms with van der Waals surface area (Å²) in [5.41, 5.74) is -0.825. The van der Waals surface area contributed by atoms with E-state index in [9.17, 15) is 14.7 Å². The molecule has 2 N–H and O–H groups in total. The van der Waals surface area contributed by atoms with Gasteiger partial charge in [0.25, 0.3) is 0 Å². The van der Waals surface area contributed by atoms with Crippen LogP contribution in [0.2, 0.25) is 0 Å². The Labute approximate surface area is 110 Å². The molecule has 1 aromatic rings. The van der Waals surface area contributed by atoms with Gasteiger partial charge in [0.05, 0.1) is 5.41 Å². The first kappa shape index (κ1) is 13.3. The standard InChI is InChI=1S/C12H16N4O3/c1-2-12(9(17)18)4-7-16(8-12)11(19)15-10-13-5-3-6-14-10/h3,5-6H,2,4,7-8H2,1H3,(H,17,18)(H,13,14,15,19). The average Bonchev–Trinajstić information content (AvgIpc) is 2.86. The SMILES string of the molecule is CCC1(C(=O)O)CCN(C(=O)Nc2ncccn2)C1. The second-order valence-electron chi connectivity index (χ2n) is 4.61. The van der Waals surface area contributed by atoms with E-state index >= 15 is 0 Å². The van der Waals surface area contributed by atoms with Crippen LogP contribution in [-0.4, -0.2) is 45.1 Å². The number of urea groups is 1. The van der Waals surface area contributed by atoms with E-state index in [0.717, 1.165) is 0 Å². The fraction of sp³-hybridized carbons (Fsp3) is 0.500. The number of amides is 2. The first-order valence-corrected chi connectivity index (χ1v) is 6.14. The van der Waals surface area contributed by atoms with Crippen molar-refractivity contribution in [1.82, 2.24) is 14.9 Å². The first-order chi connectivity index (χ1) is 9.07. The van der Waals surface area contributed by atoms with E-state index in [0.29, 0.717) is 19.4 Å². The van der Waals surface area contributed by atoms with Gasteiger partial charge in [-0.25, -0.2) is 14.8 Å². The summed E-state index contributed by atoms with van der Waals surface area (Å²) >= 11 is 0. The van der Waals surface area contributed by atoms with Crippen LogP contribution in [0, 0.1) is 5.41 Å². The van der Waals surface area contributed by atoms with Gasteiger partial charge in [-0.3, -0.25) is 10.1 Å². The minimum atomic E-state index is -0.846. The number of likely N-dealkylation sites (tertiary alicyclic amines) is 1. The molecule has 2 rings (SSSR count). The predicted molar refractivity (Wildman–Crippen MR) is 67.6 cm³/mol. The van der Waals surface area contributed by atoms with Crippen LogP contribution in [0.1, 0.15) is 19.8 Å². The van der Waals surface area contributed by atoms with Gasteiger partial charge in [-0.2, -0.15) is 0 Å². The third-order valence-electron chi connectivity index (χ3n) is 3.56. The van der Waals surface area contributed by atoms with Crippen LogP contribution in [-0.2, 0) is 4.79 Å². The van der Waals surface area contributed by atoms with E-state index in [1.165, 1.54) is 17.3 Å². The molecule has 0 radical (unpaired) electrons. The Morgan fingerprint density at radius 3 is 2.68 bits per heavy atom. The summed E-state index contributed by atoms with van der Waals surface area (Å²) in [6.45, 7) is 2.48. The van der Waals surface area contributed by atoms with Gasteiger partial charge in [0.2, 0.25) is 5.95 Å². The number of carboxylic acid groups (broad SMARTS) is 1. The summed E-state index contributed by atoms with van der Waals surface area (Å²) in [6, 6.07) is 1.29. The Balaban J connectivity index is 2.01. The lowest BCUT2D eigenvalue weighted by atomic mass is 9.84. The molecule has 1 saturated heterocycles. The molecule has 7 heteroatoms. The molecule has 2 amide bonds. The zero-order valence-corrected chi connectivity index (χ0v) is 10.7. The van der Waals surface area contributed by atoms with Crippen molar-refractivity contribution in [1.29, 1.82) is 0 Å². The highest BCUT2D eigenvalue weighted by molar-refractivity contribution is 5.88. The third kappa shape index (κ3) is 2.64. The van der Waals surface area contributed by atoms with Gasteiger partial charge in [-0.15, -0.1) is 0 Å². The second-order valence-corrected chi connectivity index (χ2v) is 4.61. The monoisotopic (exact) mass is 264 g/mol. The molecule has 0 aromatic carbocycles. The molecule has 1 aromatic heterocycles. The minimum absolute atomic E-state index is 0.219. The van der Waals surface area contributed by atoms with Crippen molar-refractivity contribution in [3.8, 4) is 0 Å². The maximum absolute atomic E-state index is 12.0. The number of hydrogen-bond acceptors (Lipinski definition) is 4. The molecular weight excluding hydrogens is 248 g/mol. The molecule has 1 atom stereocenters. The van der Waals surface area contributed by atoms with Gasteiger partial charge < -0.3 is 10.0 Å². The number of hydrogen-bond donors (Lipinski definition) is 2. The molecule has 1 aliphatic rings. The number of carboxylic acids is 1. The summed E-state index contributed by atoms with van der Waals surface area (Å²) in [5.74, 6) is -0.627. The molecule has 0 spiro atoms. The van der Waals surface area contributed by atoms with Crippen molar-refractivity contribution >= 4 is 17.9 Å². The lowest BCUT2D eigenvalue weighted by Crippen LogP contribution is -2.38.